The zero-order valence-corrected chi connectivity index (χ0v) is 19.1. The Morgan fingerprint density at radius 3 is 2.81 bits per heavy atom. The normalized spacial score (nSPS) is 14.8. The molecule has 0 N–H and O–H groups in total. The minimum absolute atomic E-state index is 0.0874. The zero-order chi connectivity index (χ0) is 21.8. The van der Waals surface area contributed by atoms with Crippen molar-refractivity contribution in [3.63, 3.8) is 0 Å². The first-order chi connectivity index (χ1) is 15.1. The van der Waals surface area contributed by atoms with E-state index in [4.69, 9.17) is 16.0 Å². The first-order valence-electron chi connectivity index (χ1n) is 10.7. The molecule has 1 fully saturated rings. The minimum atomic E-state index is -0.173. The third-order valence-corrected chi connectivity index (χ3v) is 6.97. The van der Waals surface area contributed by atoms with Gasteiger partial charge in [0.1, 0.15) is 5.76 Å². The fraction of sp³-hybridized carbons (Fsp3) is 0.435. The molecule has 0 bridgehead atoms. The van der Waals surface area contributed by atoms with E-state index in [0.717, 1.165) is 12.8 Å². The molecule has 31 heavy (non-hydrogen) atoms. The highest BCUT2D eigenvalue weighted by Crippen LogP contribution is 2.25. The third kappa shape index (κ3) is 4.99. The second-order valence-electron chi connectivity index (χ2n) is 7.79. The van der Waals surface area contributed by atoms with Crippen LogP contribution in [0.4, 0.5) is 0 Å². The van der Waals surface area contributed by atoms with Crippen molar-refractivity contribution in [3.8, 4) is 0 Å². The van der Waals surface area contributed by atoms with E-state index in [1.54, 1.807) is 35.1 Å². The second-order valence-corrected chi connectivity index (χ2v) is 9.17. The van der Waals surface area contributed by atoms with Gasteiger partial charge in [0.15, 0.2) is 5.16 Å². The molecule has 8 heteroatoms. The summed E-state index contributed by atoms with van der Waals surface area (Å²) in [5, 5.41) is 1.50. The predicted molar refractivity (Wildman–Crippen MR) is 124 cm³/mol. The molecule has 1 amide bonds. The molecule has 164 valence electrons. The van der Waals surface area contributed by atoms with Gasteiger partial charge in [-0.15, -0.1) is 0 Å². The van der Waals surface area contributed by atoms with E-state index < -0.39 is 0 Å². The fourth-order valence-electron chi connectivity index (χ4n) is 4.22. The van der Waals surface area contributed by atoms with Crippen molar-refractivity contribution < 1.29 is 9.21 Å². The van der Waals surface area contributed by atoms with Gasteiger partial charge in [-0.1, -0.05) is 42.6 Å². The lowest BCUT2D eigenvalue weighted by Gasteiger charge is -2.33. The van der Waals surface area contributed by atoms with Gasteiger partial charge in [-0.05, 0) is 50.1 Å². The molecular weight excluding hydrogens is 434 g/mol. The van der Waals surface area contributed by atoms with Crippen LogP contribution in [0.3, 0.4) is 0 Å². The summed E-state index contributed by atoms with van der Waals surface area (Å²) in [6.07, 6.45) is 7.32. The van der Waals surface area contributed by atoms with Gasteiger partial charge in [0.05, 0.1) is 29.5 Å². The van der Waals surface area contributed by atoms with Crippen molar-refractivity contribution in [3.05, 3.63) is 57.7 Å². The quantitative estimate of drug-likeness (QED) is 0.368. The first kappa shape index (κ1) is 22.0. The van der Waals surface area contributed by atoms with Gasteiger partial charge >= 0.3 is 0 Å². The Labute approximate surface area is 190 Å². The molecule has 0 radical (unpaired) electrons. The van der Waals surface area contributed by atoms with E-state index in [-0.39, 0.29) is 23.8 Å². The lowest BCUT2D eigenvalue weighted by molar-refractivity contribution is -0.131. The molecule has 0 saturated heterocycles. The Morgan fingerprint density at radius 1 is 1.29 bits per heavy atom. The standard InChI is InChI=1S/C23H26ClN3O3S/c1-2-26(17-7-4-3-5-8-17)21(28)15-31-23-25-20-13-16(24)10-11-19(20)22(29)27(23)14-18-9-6-12-30-18/h6,9-13,17H,2-5,7-8,14-15H2,1H3. The van der Waals surface area contributed by atoms with Gasteiger partial charge in [0.2, 0.25) is 5.91 Å². The van der Waals surface area contributed by atoms with E-state index in [1.165, 1.54) is 31.0 Å². The van der Waals surface area contributed by atoms with Crippen molar-refractivity contribution in [1.29, 1.82) is 0 Å². The Kier molecular flexibility index (Phi) is 7.02. The number of hydrogen-bond acceptors (Lipinski definition) is 5. The highest BCUT2D eigenvalue weighted by molar-refractivity contribution is 7.99. The number of rotatable bonds is 7. The molecule has 0 atom stereocenters. The van der Waals surface area contributed by atoms with Gasteiger partial charge in [-0.2, -0.15) is 0 Å². The maximum absolute atomic E-state index is 13.2. The van der Waals surface area contributed by atoms with Crippen LogP contribution in [0.15, 0.2) is 51.0 Å². The number of amides is 1. The maximum Gasteiger partial charge on any atom is 0.262 e. The van der Waals surface area contributed by atoms with Gasteiger partial charge in [-0.3, -0.25) is 14.2 Å². The summed E-state index contributed by atoms with van der Waals surface area (Å²) in [5.74, 6) is 0.980. The van der Waals surface area contributed by atoms with E-state index in [0.29, 0.717) is 39.4 Å². The van der Waals surface area contributed by atoms with Crippen LogP contribution in [0.25, 0.3) is 10.9 Å². The van der Waals surface area contributed by atoms with Gasteiger partial charge in [-0.25, -0.2) is 4.98 Å². The van der Waals surface area contributed by atoms with Crippen LogP contribution in [-0.4, -0.2) is 38.7 Å². The third-order valence-electron chi connectivity index (χ3n) is 5.78. The number of hydrogen-bond donors (Lipinski definition) is 0. The molecule has 6 nitrogen and oxygen atoms in total. The number of thioether (sulfide) groups is 1. The molecule has 2 aromatic heterocycles. The monoisotopic (exact) mass is 459 g/mol. The van der Waals surface area contributed by atoms with Crippen LogP contribution in [0.1, 0.15) is 44.8 Å². The SMILES string of the molecule is CCN(C(=O)CSc1nc2cc(Cl)ccc2c(=O)n1Cc1ccco1)C1CCCCC1. The zero-order valence-electron chi connectivity index (χ0n) is 17.6. The van der Waals surface area contributed by atoms with E-state index in [1.807, 2.05) is 17.9 Å². The second kappa shape index (κ2) is 9.92. The molecule has 1 aromatic carbocycles. The molecule has 4 rings (SSSR count). The van der Waals surface area contributed by atoms with Crippen LogP contribution >= 0.6 is 23.4 Å². The van der Waals surface area contributed by atoms with Crippen LogP contribution in [-0.2, 0) is 11.3 Å². The fourth-order valence-corrected chi connectivity index (χ4v) is 5.27. The number of nitrogens with zero attached hydrogens (tertiary/aromatic N) is 3. The molecule has 1 aliphatic carbocycles. The minimum Gasteiger partial charge on any atom is -0.467 e. The van der Waals surface area contributed by atoms with Crippen LogP contribution < -0.4 is 5.56 Å². The van der Waals surface area contributed by atoms with Crippen molar-refractivity contribution >= 4 is 40.2 Å². The lowest BCUT2D eigenvalue weighted by atomic mass is 9.94. The molecule has 1 aliphatic rings. The van der Waals surface area contributed by atoms with Gasteiger partial charge in [0, 0.05) is 17.6 Å². The smallest absolute Gasteiger partial charge is 0.262 e. The topological polar surface area (TPSA) is 68.3 Å². The number of fused-ring (bicyclic) bond motifs is 1. The van der Waals surface area contributed by atoms with Crippen molar-refractivity contribution in [2.75, 3.05) is 12.3 Å². The molecule has 0 spiro atoms. The largest absolute Gasteiger partial charge is 0.467 e. The highest BCUT2D eigenvalue weighted by Gasteiger charge is 2.24. The van der Waals surface area contributed by atoms with E-state index in [9.17, 15) is 9.59 Å². The lowest BCUT2D eigenvalue weighted by Crippen LogP contribution is -2.42. The number of carbonyl (C=O) groups excluding carboxylic acids is 1. The number of halogens is 1. The summed E-state index contributed by atoms with van der Waals surface area (Å²) in [6, 6.07) is 8.98. The number of furan rings is 1. The summed E-state index contributed by atoms with van der Waals surface area (Å²) in [6.45, 7) is 2.98. The molecule has 1 saturated carbocycles. The van der Waals surface area contributed by atoms with E-state index >= 15 is 0 Å². The first-order valence-corrected chi connectivity index (χ1v) is 12.1. The number of carbonyl (C=O) groups is 1. The summed E-state index contributed by atoms with van der Waals surface area (Å²) in [7, 11) is 0. The summed E-state index contributed by atoms with van der Waals surface area (Å²) in [4.78, 5) is 32.9. The summed E-state index contributed by atoms with van der Waals surface area (Å²) in [5.41, 5.74) is 0.357. The van der Waals surface area contributed by atoms with Crippen LogP contribution in [0.2, 0.25) is 5.02 Å². The summed E-state index contributed by atoms with van der Waals surface area (Å²) < 4.78 is 7.02. The van der Waals surface area contributed by atoms with Crippen LogP contribution in [0.5, 0.6) is 0 Å². The van der Waals surface area contributed by atoms with Crippen molar-refractivity contribution in [2.45, 2.75) is 56.8 Å². The van der Waals surface area contributed by atoms with E-state index in [2.05, 4.69) is 4.98 Å². The Balaban J connectivity index is 1.61. The predicted octanol–water partition coefficient (Wildman–Crippen LogP) is 4.96. The van der Waals surface area contributed by atoms with Crippen molar-refractivity contribution in [1.82, 2.24) is 14.5 Å². The molecule has 3 aromatic rings. The van der Waals surface area contributed by atoms with Gasteiger partial charge < -0.3 is 9.32 Å². The summed E-state index contributed by atoms with van der Waals surface area (Å²) >= 11 is 7.42. The molecule has 2 heterocycles. The Hall–Kier alpha value is -2.25. The van der Waals surface area contributed by atoms with Gasteiger partial charge in [0.25, 0.3) is 5.56 Å². The number of benzene rings is 1. The Bertz CT molecular complexity index is 1110. The Morgan fingerprint density at radius 2 is 2.10 bits per heavy atom. The highest BCUT2D eigenvalue weighted by atomic mass is 35.5. The van der Waals surface area contributed by atoms with Crippen molar-refractivity contribution in [2.24, 2.45) is 0 Å². The number of aromatic nitrogens is 2. The maximum atomic E-state index is 13.2. The molecular formula is C23H26ClN3O3S. The molecule has 0 aliphatic heterocycles. The molecule has 0 unspecified atom stereocenters. The van der Waals surface area contributed by atoms with Crippen LogP contribution in [0, 0.1) is 0 Å². The average molecular weight is 460 g/mol. The average Bonchev–Trinajstić information content (AvgIpc) is 3.29.